The van der Waals surface area contributed by atoms with Gasteiger partial charge in [0.2, 0.25) is 0 Å². The van der Waals surface area contributed by atoms with E-state index in [0.717, 1.165) is 51.0 Å². The number of halogens is 2. The molecule has 0 saturated carbocycles. The molecular weight excluding hydrogens is 372 g/mol. The van der Waals surface area contributed by atoms with Crippen molar-refractivity contribution in [3.8, 4) is 0 Å². The summed E-state index contributed by atoms with van der Waals surface area (Å²) >= 11 is 0. The smallest absolute Gasteiger partial charge is 0.251 e. The van der Waals surface area contributed by atoms with Crippen LogP contribution in [0.5, 0.6) is 0 Å². The predicted molar refractivity (Wildman–Crippen MR) is 110 cm³/mol. The third-order valence-electron chi connectivity index (χ3n) is 6.09. The number of amides is 1. The van der Waals surface area contributed by atoms with E-state index in [2.05, 4.69) is 40.4 Å². The standard InChI is InChI=1S/C23H27F2N3O/c1-27-12-9-17-13-16(6-8-21(17)27)22(28-10-3-2-4-11-28)15-26-23(29)18-5-7-19(24)20(25)14-18/h5-8,13-14,22H,2-4,9-12,15H2,1H3,(H,26,29). The number of nitrogens with zero attached hydrogens (tertiary/aromatic N) is 2. The van der Waals surface area contributed by atoms with Gasteiger partial charge in [-0.15, -0.1) is 0 Å². The lowest BCUT2D eigenvalue weighted by Crippen LogP contribution is -2.40. The molecule has 2 aliphatic heterocycles. The van der Waals surface area contributed by atoms with Crippen LogP contribution in [0.25, 0.3) is 0 Å². The Balaban J connectivity index is 1.53. The van der Waals surface area contributed by atoms with Gasteiger partial charge in [-0.25, -0.2) is 8.78 Å². The van der Waals surface area contributed by atoms with Crippen molar-refractivity contribution in [3.63, 3.8) is 0 Å². The van der Waals surface area contributed by atoms with E-state index in [0.29, 0.717) is 6.54 Å². The second-order valence-corrected chi connectivity index (χ2v) is 8.01. The van der Waals surface area contributed by atoms with Crippen molar-refractivity contribution in [1.82, 2.24) is 10.2 Å². The van der Waals surface area contributed by atoms with Gasteiger partial charge in [-0.05, 0) is 67.7 Å². The molecule has 4 nitrogen and oxygen atoms in total. The Labute approximate surface area is 170 Å². The van der Waals surface area contributed by atoms with E-state index in [1.54, 1.807) is 0 Å². The van der Waals surface area contributed by atoms with Gasteiger partial charge in [0, 0.05) is 31.4 Å². The summed E-state index contributed by atoms with van der Waals surface area (Å²) in [6.07, 6.45) is 4.58. The van der Waals surface area contributed by atoms with E-state index < -0.39 is 11.6 Å². The Morgan fingerprint density at radius 1 is 1.03 bits per heavy atom. The Bertz CT molecular complexity index is 896. The predicted octanol–water partition coefficient (Wildman–Crippen LogP) is 3.91. The molecule has 29 heavy (non-hydrogen) atoms. The Morgan fingerprint density at radius 3 is 2.59 bits per heavy atom. The fraction of sp³-hybridized carbons (Fsp3) is 0.435. The zero-order valence-corrected chi connectivity index (χ0v) is 16.8. The van der Waals surface area contributed by atoms with Gasteiger partial charge >= 0.3 is 0 Å². The van der Waals surface area contributed by atoms with Crippen molar-refractivity contribution >= 4 is 11.6 Å². The molecule has 2 heterocycles. The monoisotopic (exact) mass is 399 g/mol. The summed E-state index contributed by atoms with van der Waals surface area (Å²) in [5.41, 5.74) is 3.96. The van der Waals surface area contributed by atoms with E-state index >= 15 is 0 Å². The molecule has 4 rings (SSSR count). The molecule has 0 radical (unpaired) electrons. The molecule has 1 amide bonds. The van der Waals surface area contributed by atoms with E-state index in [9.17, 15) is 13.6 Å². The van der Waals surface area contributed by atoms with E-state index in [-0.39, 0.29) is 17.5 Å². The molecule has 1 unspecified atom stereocenters. The lowest BCUT2D eigenvalue weighted by Gasteiger charge is -2.35. The highest BCUT2D eigenvalue weighted by atomic mass is 19.2. The van der Waals surface area contributed by atoms with E-state index in [1.165, 1.54) is 29.3 Å². The summed E-state index contributed by atoms with van der Waals surface area (Å²) in [6.45, 7) is 3.47. The number of likely N-dealkylation sites (tertiary alicyclic amines) is 1. The lowest BCUT2D eigenvalue weighted by molar-refractivity contribution is 0.0924. The molecule has 1 fully saturated rings. The molecule has 0 spiro atoms. The van der Waals surface area contributed by atoms with Gasteiger partial charge in [0.15, 0.2) is 11.6 Å². The summed E-state index contributed by atoms with van der Waals surface area (Å²) < 4.78 is 26.6. The van der Waals surface area contributed by atoms with Gasteiger partial charge in [0.05, 0.1) is 6.04 Å². The van der Waals surface area contributed by atoms with E-state index in [1.807, 2.05) is 0 Å². The number of likely N-dealkylation sites (N-methyl/N-ethyl adjacent to an activating group) is 1. The fourth-order valence-corrected chi connectivity index (χ4v) is 4.41. The lowest BCUT2D eigenvalue weighted by atomic mass is 9.98. The molecule has 2 aromatic carbocycles. The number of hydrogen-bond donors (Lipinski definition) is 1. The quantitative estimate of drug-likeness (QED) is 0.828. The number of hydrogen-bond acceptors (Lipinski definition) is 3. The minimum atomic E-state index is -1.01. The highest BCUT2D eigenvalue weighted by Crippen LogP contribution is 2.32. The minimum Gasteiger partial charge on any atom is -0.374 e. The van der Waals surface area contributed by atoms with Crippen molar-refractivity contribution < 1.29 is 13.6 Å². The average Bonchev–Trinajstić information content (AvgIpc) is 3.11. The first-order valence-corrected chi connectivity index (χ1v) is 10.3. The third-order valence-corrected chi connectivity index (χ3v) is 6.09. The molecule has 2 aromatic rings. The number of anilines is 1. The Morgan fingerprint density at radius 2 is 1.83 bits per heavy atom. The molecule has 2 aliphatic rings. The summed E-state index contributed by atoms with van der Waals surface area (Å²) in [7, 11) is 2.11. The van der Waals surface area contributed by atoms with Crippen molar-refractivity contribution in [2.45, 2.75) is 31.7 Å². The van der Waals surface area contributed by atoms with Gasteiger partial charge in [0.1, 0.15) is 0 Å². The zero-order chi connectivity index (χ0) is 20.4. The highest BCUT2D eigenvalue weighted by Gasteiger charge is 2.25. The van der Waals surface area contributed by atoms with Gasteiger partial charge in [-0.1, -0.05) is 18.6 Å². The van der Waals surface area contributed by atoms with Crippen LogP contribution in [0.3, 0.4) is 0 Å². The fourth-order valence-electron chi connectivity index (χ4n) is 4.41. The first-order chi connectivity index (χ1) is 14.0. The van der Waals surface area contributed by atoms with Crippen LogP contribution < -0.4 is 10.2 Å². The summed E-state index contributed by atoms with van der Waals surface area (Å²) in [5.74, 6) is -2.34. The molecule has 1 saturated heterocycles. The molecule has 154 valence electrons. The maximum Gasteiger partial charge on any atom is 0.251 e. The maximum absolute atomic E-state index is 13.5. The number of rotatable bonds is 5. The number of carbonyl (C=O) groups is 1. The zero-order valence-electron chi connectivity index (χ0n) is 16.8. The number of carbonyl (C=O) groups excluding carboxylic acids is 1. The van der Waals surface area contributed by atoms with Gasteiger partial charge in [0.25, 0.3) is 5.91 Å². The van der Waals surface area contributed by atoms with Crippen LogP contribution in [-0.4, -0.2) is 44.0 Å². The average molecular weight is 399 g/mol. The number of benzene rings is 2. The highest BCUT2D eigenvalue weighted by molar-refractivity contribution is 5.94. The van der Waals surface area contributed by atoms with Crippen molar-refractivity contribution in [3.05, 3.63) is 64.7 Å². The van der Waals surface area contributed by atoms with E-state index in [4.69, 9.17) is 0 Å². The number of piperidine rings is 1. The number of fused-ring (bicyclic) bond motifs is 1. The van der Waals surface area contributed by atoms with Crippen LogP contribution in [0.4, 0.5) is 14.5 Å². The van der Waals surface area contributed by atoms with Crippen molar-refractivity contribution in [2.24, 2.45) is 0 Å². The second kappa shape index (κ2) is 8.49. The summed E-state index contributed by atoms with van der Waals surface area (Å²) in [5, 5.41) is 2.94. The molecule has 0 aromatic heterocycles. The minimum absolute atomic E-state index is 0.0701. The van der Waals surface area contributed by atoms with Gasteiger partial charge in [-0.2, -0.15) is 0 Å². The van der Waals surface area contributed by atoms with Crippen LogP contribution in [0, 0.1) is 11.6 Å². The van der Waals surface area contributed by atoms with Crippen LogP contribution >= 0.6 is 0 Å². The largest absolute Gasteiger partial charge is 0.374 e. The first kappa shape index (κ1) is 19.8. The third kappa shape index (κ3) is 4.27. The molecular formula is C23H27F2N3O. The summed E-state index contributed by atoms with van der Waals surface area (Å²) in [4.78, 5) is 17.2. The van der Waals surface area contributed by atoms with Crippen LogP contribution in [0.15, 0.2) is 36.4 Å². The van der Waals surface area contributed by atoms with Gasteiger partial charge < -0.3 is 10.2 Å². The SMILES string of the molecule is CN1CCc2cc(C(CNC(=O)c3ccc(F)c(F)c3)N3CCCCC3)ccc21. The normalized spacial score (nSPS) is 17.8. The summed E-state index contributed by atoms with van der Waals surface area (Å²) in [6, 6.07) is 9.92. The molecule has 6 heteroatoms. The van der Waals surface area contributed by atoms with Crippen molar-refractivity contribution in [2.75, 3.05) is 38.1 Å². The topological polar surface area (TPSA) is 35.6 Å². The molecule has 1 N–H and O–H groups in total. The Kier molecular flexibility index (Phi) is 5.81. The van der Waals surface area contributed by atoms with Crippen molar-refractivity contribution in [1.29, 1.82) is 0 Å². The van der Waals surface area contributed by atoms with Crippen LogP contribution in [-0.2, 0) is 6.42 Å². The first-order valence-electron chi connectivity index (χ1n) is 10.3. The number of nitrogens with one attached hydrogen (secondary N) is 1. The maximum atomic E-state index is 13.5. The molecule has 1 atom stereocenters. The second-order valence-electron chi connectivity index (χ2n) is 8.01. The van der Waals surface area contributed by atoms with Crippen LogP contribution in [0.2, 0.25) is 0 Å². The van der Waals surface area contributed by atoms with Crippen LogP contribution in [0.1, 0.15) is 46.8 Å². The van der Waals surface area contributed by atoms with Gasteiger partial charge in [-0.3, -0.25) is 9.69 Å². The molecule has 0 aliphatic carbocycles. The molecule has 0 bridgehead atoms. The Hall–Kier alpha value is -2.47.